The van der Waals surface area contributed by atoms with Crippen molar-refractivity contribution in [2.45, 2.75) is 25.3 Å². The zero-order valence-electron chi connectivity index (χ0n) is 8.68. The van der Waals surface area contributed by atoms with E-state index in [0.717, 1.165) is 0 Å². The lowest BCUT2D eigenvalue weighted by molar-refractivity contribution is -0.167. The third-order valence-corrected chi connectivity index (χ3v) is 1.69. The molecule has 16 heavy (non-hydrogen) atoms. The molecule has 0 aliphatic rings. The van der Waals surface area contributed by atoms with Crippen LogP contribution in [0.2, 0.25) is 0 Å². The molecule has 0 spiro atoms. The molecule has 0 rings (SSSR count). The van der Waals surface area contributed by atoms with Crippen molar-refractivity contribution < 1.29 is 27.1 Å². The Morgan fingerprint density at radius 3 is 2.44 bits per heavy atom. The van der Waals surface area contributed by atoms with Gasteiger partial charge in [-0.15, -0.1) is 0 Å². The normalized spacial score (nSPS) is 14.1. The highest BCUT2D eigenvalue weighted by Gasteiger charge is 2.41. The fourth-order valence-electron chi connectivity index (χ4n) is 0.864. The summed E-state index contributed by atoms with van der Waals surface area (Å²) in [7, 11) is 0. The van der Waals surface area contributed by atoms with Gasteiger partial charge in [-0.05, 0) is 6.54 Å². The van der Waals surface area contributed by atoms with Gasteiger partial charge in [0.05, 0.1) is 6.61 Å². The van der Waals surface area contributed by atoms with Gasteiger partial charge in [0.2, 0.25) is 5.91 Å². The summed E-state index contributed by atoms with van der Waals surface area (Å²) in [5.74, 6) is -5.00. The van der Waals surface area contributed by atoms with Crippen LogP contribution in [-0.2, 0) is 9.53 Å². The number of rotatable bonds is 8. The molecule has 0 saturated carbocycles. The Balaban J connectivity index is 3.99. The minimum Gasteiger partial charge on any atom is -0.373 e. The molecule has 0 aromatic carbocycles. The lowest BCUT2D eigenvalue weighted by atomic mass is 10.3. The predicted octanol–water partition coefficient (Wildman–Crippen LogP) is 0.367. The Morgan fingerprint density at radius 2 is 2.06 bits per heavy atom. The average molecular weight is 246 g/mol. The molecule has 0 aliphatic carbocycles. The van der Waals surface area contributed by atoms with Crippen LogP contribution in [0.15, 0.2) is 0 Å². The number of nitrogens with one attached hydrogen (secondary N) is 1. The van der Waals surface area contributed by atoms with Crippen LogP contribution in [0.5, 0.6) is 0 Å². The third-order valence-electron chi connectivity index (χ3n) is 1.69. The SMILES string of the molecule is CCNC(COCC(F)(F)C(F)F)C(N)=O. The van der Waals surface area contributed by atoms with Gasteiger partial charge in [-0.3, -0.25) is 4.79 Å². The van der Waals surface area contributed by atoms with Gasteiger partial charge in [-0.25, -0.2) is 8.78 Å². The molecular formula is C8H14F4N2O2. The monoisotopic (exact) mass is 246 g/mol. The van der Waals surface area contributed by atoms with Crippen molar-refractivity contribution in [3.8, 4) is 0 Å². The van der Waals surface area contributed by atoms with Crippen LogP contribution in [0.3, 0.4) is 0 Å². The molecule has 0 heterocycles. The largest absolute Gasteiger partial charge is 0.373 e. The van der Waals surface area contributed by atoms with Gasteiger partial charge < -0.3 is 15.8 Å². The van der Waals surface area contributed by atoms with Gasteiger partial charge >= 0.3 is 12.3 Å². The number of hydrogen-bond donors (Lipinski definition) is 2. The Kier molecular flexibility index (Phi) is 6.27. The summed E-state index contributed by atoms with van der Waals surface area (Å²) < 4.78 is 52.5. The molecular weight excluding hydrogens is 232 g/mol. The molecule has 3 N–H and O–H groups in total. The molecule has 1 unspecified atom stereocenters. The summed E-state index contributed by atoms with van der Waals surface area (Å²) in [4.78, 5) is 10.7. The number of primary amides is 1. The summed E-state index contributed by atoms with van der Waals surface area (Å²) in [6, 6.07) is -0.960. The van der Waals surface area contributed by atoms with Crippen LogP contribution in [-0.4, -0.2) is 44.1 Å². The second-order valence-corrected chi connectivity index (χ2v) is 3.09. The standard InChI is InChI=1S/C8H14F4N2O2/c1-2-14-5(6(13)15)3-16-4-8(11,12)7(9)10/h5,7,14H,2-4H2,1H3,(H2,13,15). The summed E-state index contributed by atoms with van der Waals surface area (Å²) in [5.41, 5.74) is 4.92. The quantitative estimate of drug-likeness (QED) is 0.608. The molecule has 0 aliphatic heterocycles. The Morgan fingerprint density at radius 1 is 1.50 bits per heavy atom. The molecule has 0 aromatic heterocycles. The Labute approximate surface area is 90.1 Å². The number of ether oxygens (including phenoxy) is 1. The van der Waals surface area contributed by atoms with Crippen molar-refractivity contribution in [1.29, 1.82) is 0 Å². The summed E-state index contributed by atoms with van der Waals surface area (Å²) >= 11 is 0. The van der Waals surface area contributed by atoms with Gasteiger partial charge in [0, 0.05) is 0 Å². The summed E-state index contributed by atoms with van der Waals surface area (Å²) in [6.45, 7) is 0.136. The average Bonchev–Trinajstić information content (AvgIpc) is 2.15. The maximum Gasteiger partial charge on any atom is 0.330 e. The zero-order valence-corrected chi connectivity index (χ0v) is 8.68. The van der Waals surface area contributed by atoms with Crippen LogP contribution < -0.4 is 11.1 Å². The van der Waals surface area contributed by atoms with Gasteiger partial charge in [0.25, 0.3) is 0 Å². The van der Waals surface area contributed by atoms with E-state index in [2.05, 4.69) is 10.1 Å². The Bertz CT molecular complexity index is 226. The fourth-order valence-corrected chi connectivity index (χ4v) is 0.864. The van der Waals surface area contributed by atoms with Gasteiger partial charge in [-0.2, -0.15) is 8.78 Å². The highest BCUT2D eigenvalue weighted by Crippen LogP contribution is 2.22. The second-order valence-electron chi connectivity index (χ2n) is 3.09. The third kappa shape index (κ3) is 5.26. The summed E-state index contributed by atoms with van der Waals surface area (Å²) in [6.07, 6.45) is -3.79. The van der Waals surface area contributed by atoms with E-state index in [1.807, 2.05) is 0 Å². The molecule has 8 heteroatoms. The molecule has 0 saturated heterocycles. The Hall–Kier alpha value is -0.890. The smallest absolute Gasteiger partial charge is 0.330 e. The number of likely N-dealkylation sites (N-methyl/N-ethyl adjacent to an activating group) is 1. The minimum atomic E-state index is -4.21. The number of alkyl halides is 4. The van der Waals surface area contributed by atoms with Crippen LogP contribution >= 0.6 is 0 Å². The first-order valence-electron chi connectivity index (χ1n) is 4.57. The number of carbonyl (C=O) groups is 1. The number of halogens is 4. The van der Waals surface area contributed by atoms with Gasteiger partial charge in [0.15, 0.2) is 0 Å². The number of nitrogens with two attached hydrogens (primary N) is 1. The summed E-state index contributed by atoms with van der Waals surface area (Å²) in [5, 5.41) is 2.57. The van der Waals surface area contributed by atoms with Crippen LogP contribution in [0.4, 0.5) is 17.6 Å². The van der Waals surface area contributed by atoms with Crippen molar-refractivity contribution in [3.63, 3.8) is 0 Å². The predicted molar refractivity (Wildman–Crippen MR) is 48.4 cm³/mol. The lowest BCUT2D eigenvalue weighted by Gasteiger charge is -2.18. The van der Waals surface area contributed by atoms with E-state index >= 15 is 0 Å². The molecule has 96 valence electrons. The van der Waals surface area contributed by atoms with Crippen molar-refractivity contribution in [3.05, 3.63) is 0 Å². The van der Waals surface area contributed by atoms with E-state index in [9.17, 15) is 22.4 Å². The van der Waals surface area contributed by atoms with E-state index in [1.54, 1.807) is 6.92 Å². The first-order chi connectivity index (χ1) is 7.31. The van der Waals surface area contributed by atoms with E-state index in [0.29, 0.717) is 6.54 Å². The highest BCUT2D eigenvalue weighted by molar-refractivity contribution is 5.79. The van der Waals surface area contributed by atoms with E-state index in [-0.39, 0.29) is 0 Å². The molecule has 0 fully saturated rings. The van der Waals surface area contributed by atoms with Gasteiger partial charge in [-0.1, -0.05) is 6.92 Å². The molecule has 0 bridgehead atoms. The molecule has 0 aromatic rings. The molecule has 1 amide bonds. The first kappa shape index (κ1) is 15.1. The minimum absolute atomic E-state index is 0.377. The number of amides is 1. The maximum atomic E-state index is 12.4. The molecule has 0 radical (unpaired) electrons. The van der Waals surface area contributed by atoms with Gasteiger partial charge in [0.1, 0.15) is 12.6 Å². The second kappa shape index (κ2) is 6.64. The highest BCUT2D eigenvalue weighted by atomic mass is 19.3. The topological polar surface area (TPSA) is 64.3 Å². The van der Waals surface area contributed by atoms with E-state index in [1.165, 1.54) is 0 Å². The van der Waals surface area contributed by atoms with Crippen LogP contribution in [0.25, 0.3) is 0 Å². The molecule has 4 nitrogen and oxygen atoms in total. The van der Waals surface area contributed by atoms with Crippen molar-refractivity contribution in [2.75, 3.05) is 19.8 Å². The molecule has 1 atom stereocenters. The van der Waals surface area contributed by atoms with Crippen molar-refractivity contribution in [1.82, 2.24) is 5.32 Å². The first-order valence-corrected chi connectivity index (χ1v) is 4.57. The number of hydrogen-bond acceptors (Lipinski definition) is 3. The van der Waals surface area contributed by atoms with Crippen molar-refractivity contribution >= 4 is 5.91 Å². The maximum absolute atomic E-state index is 12.4. The number of carbonyl (C=O) groups excluding carboxylic acids is 1. The zero-order chi connectivity index (χ0) is 12.8. The van der Waals surface area contributed by atoms with E-state index in [4.69, 9.17) is 5.73 Å². The van der Waals surface area contributed by atoms with Crippen LogP contribution in [0.1, 0.15) is 6.92 Å². The van der Waals surface area contributed by atoms with Crippen molar-refractivity contribution in [2.24, 2.45) is 5.73 Å². The lowest BCUT2D eigenvalue weighted by Crippen LogP contribution is -2.45. The fraction of sp³-hybridized carbons (Fsp3) is 0.875. The van der Waals surface area contributed by atoms with E-state index < -0.39 is 37.5 Å². The van der Waals surface area contributed by atoms with Crippen LogP contribution in [0, 0.1) is 0 Å².